The zero-order chi connectivity index (χ0) is 23.1. The summed E-state index contributed by atoms with van der Waals surface area (Å²) in [7, 11) is 4.51. The number of ether oxygens (including phenoxy) is 3. The molecule has 0 atom stereocenters. The predicted octanol–water partition coefficient (Wildman–Crippen LogP) is 3.67. The van der Waals surface area contributed by atoms with E-state index in [9.17, 15) is 10.1 Å². The van der Waals surface area contributed by atoms with E-state index in [1.54, 1.807) is 12.1 Å². The summed E-state index contributed by atoms with van der Waals surface area (Å²) < 4.78 is 15.9. The molecule has 0 unspecified atom stereocenters. The van der Waals surface area contributed by atoms with Crippen molar-refractivity contribution in [1.29, 1.82) is 5.26 Å². The molecule has 0 spiro atoms. The molecule has 166 valence electrons. The number of nitrogens with zero attached hydrogens (tertiary/aromatic N) is 2. The molecular weight excluding hydrogens is 408 g/mol. The van der Waals surface area contributed by atoms with Gasteiger partial charge in [0, 0.05) is 24.0 Å². The van der Waals surface area contributed by atoms with Crippen molar-refractivity contribution in [2.75, 3.05) is 39.7 Å². The Kier molecular flexibility index (Phi) is 7.34. The number of nitrogens with one attached hydrogen (secondary N) is 2. The largest absolute Gasteiger partial charge is 0.493 e. The van der Waals surface area contributed by atoms with Crippen LogP contribution in [-0.4, -0.2) is 45.3 Å². The molecular formula is C24H26N4O4. The number of carbonyl (C=O) groups excluding carboxylic acids is 1. The quantitative estimate of drug-likeness (QED) is 0.495. The van der Waals surface area contributed by atoms with Gasteiger partial charge in [0.25, 0.3) is 5.91 Å². The number of fused-ring (bicyclic) bond motifs is 1. The maximum atomic E-state index is 12.6. The highest BCUT2D eigenvalue weighted by Crippen LogP contribution is 2.38. The third-order valence-electron chi connectivity index (χ3n) is 4.95. The minimum absolute atomic E-state index is 0.249. The Morgan fingerprint density at radius 2 is 1.75 bits per heavy atom. The molecule has 2 aromatic carbocycles. The van der Waals surface area contributed by atoms with Gasteiger partial charge in [-0.1, -0.05) is 12.1 Å². The normalized spacial score (nSPS) is 10.3. The maximum Gasteiger partial charge on any atom is 0.251 e. The number of aryl methyl sites for hydroxylation is 1. The lowest BCUT2D eigenvalue weighted by atomic mass is 10.1. The molecule has 8 nitrogen and oxygen atoms in total. The van der Waals surface area contributed by atoms with Crippen molar-refractivity contribution in [3.63, 3.8) is 0 Å². The second-order valence-electron chi connectivity index (χ2n) is 7.14. The summed E-state index contributed by atoms with van der Waals surface area (Å²) in [6, 6.07) is 13.2. The average Bonchev–Trinajstić information content (AvgIpc) is 2.81. The van der Waals surface area contributed by atoms with Gasteiger partial charge in [-0.3, -0.25) is 4.79 Å². The summed E-state index contributed by atoms with van der Waals surface area (Å²) in [5.74, 6) is 1.56. The molecule has 2 N–H and O–H groups in total. The standard InChI is InChI=1S/C24H26N4O4/c1-15-6-7-16-11-18(14-25)23(28-19(16)10-15)26-8-5-9-27-24(29)17-12-20(30-2)22(32-4)21(13-17)31-3/h6-7,10-13H,5,8-9H2,1-4H3,(H,26,28)(H,27,29). The fourth-order valence-corrected chi connectivity index (χ4v) is 3.31. The van der Waals surface area contributed by atoms with Crippen molar-refractivity contribution in [3.8, 4) is 23.3 Å². The number of benzene rings is 2. The molecule has 3 rings (SSSR count). The van der Waals surface area contributed by atoms with Gasteiger partial charge in [0.2, 0.25) is 5.75 Å². The van der Waals surface area contributed by atoms with Gasteiger partial charge in [-0.25, -0.2) is 4.98 Å². The molecule has 0 aliphatic rings. The summed E-state index contributed by atoms with van der Waals surface area (Å²) in [4.78, 5) is 17.1. The zero-order valence-corrected chi connectivity index (χ0v) is 18.6. The van der Waals surface area contributed by atoms with E-state index < -0.39 is 0 Å². The number of amides is 1. The third kappa shape index (κ3) is 5.01. The summed E-state index contributed by atoms with van der Waals surface area (Å²) in [5.41, 5.74) is 2.84. The maximum absolute atomic E-state index is 12.6. The van der Waals surface area contributed by atoms with Gasteiger partial charge in [-0.2, -0.15) is 5.26 Å². The van der Waals surface area contributed by atoms with Gasteiger partial charge < -0.3 is 24.8 Å². The number of nitriles is 1. The molecule has 0 bridgehead atoms. The highest BCUT2D eigenvalue weighted by atomic mass is 16.5. The fraction of sp³-hybridized carbons (Fsp3) is 0.292. The second kappa shape index (κ2) is 10.4. The number of hydrogen-bond acceptors (Lipinski definition) is 7. The van der Waals surface area contributed by atoms with Crippen LogP contribution in [0.15, 0.2) is 36.4 Å². The lowest BCUT2D eigenvalue weighted by Gasteiger charge is -2.14. The molecule has 0 fully saturated rings. The first-order chi connectivity index (χ1) is 15.5. The summed E-state index contributed by atoms with van der Waals surface area (Å²) >= 11 is 0. The van der Waals surface area contributed by atoms with E-state index in [0.717, 1.165) is 16.5 Å². The van der Waals surface area contributed by atoms with Crippen molar-refractivity contribution < 1.29 is 19.0 Å². The summed E-state index contributed by atoms with van der Waals surface area (Å²) in [6.45, 7) is 2.99. The average molecular weight is 434 g/mol. The van der Waals surface area contributed by atoms with Crippen LogP contribution in [0, 0.1) is 18.3 Å². The molecule has 3 aromatic rings. The number of hydrogen-bond donors (Lipinski definition) is 2. The van der Waals surface area contributed by atoms with Gasteiger partial charge in [-0.15, -0.1) is 0 Å². The Bertz CT molecular complexity index is 1150. The van der Waals surface area contributed by atoms with Crippen LogP contribution in [0.4, 0.5) is 5.82 Å². The Morgan fingerprint density at radius 1 is 1.03 bits per heavy atom. The first kappa shape index (κ1) is 22.7. The van der Waals surface area contributed by atoms with Gasteiger partial charge >= 0.3 is 0 Å². The van der Waals surface area contributed by atoms with E-state index >= 15 is 0 Å². The van der Waals surface area contributed by atoms with E-state index in [1.165, 1.54) is 21.3 Å². The molecule has 0 aliphatic heterocycles. The highest BCUT2D eigenvalue weighted by Gasteiger charge is 2.16. The minimum Gasteiger partial charge on any atom is -0.493 e. The Balaban J connectivity index is 1.59. The van der Waals surface area contributed by atoms with Crippen molar-refractivity contribution in [2.45, 2.75) is 13.3 Å². The molecule has 1 aromatic heterocycles. The molecule has 0 radical (unpaired) electrons. The van der Waals surface area contributed by atoms with Crippen LogP contribution in [0.5, 0.6) is 17.2 Å². The Hall–Kier alpha value is -3.99. The molecule has 32 heavy (non-hydrogen) atoms. The SMILES string of the molecule is COc1cc(C(=O)NCCCNc2nc3cc(C)ccc3cc2C#N)cc(OC)c1OC. The highest BCUT2D eigenvalue weighted by molar-refractivity contribution is 5.95. The summed E-state index contributed by atoms with van der Waals surface area (Å²) in [6.07, 6.45) is 0.647. The number of carbonyl (C=O) groups is 1. The molecule has 0 saturated carbocycles. The number of methoxy groups -OCH3 is 3. The second-order valence-corrected chi connectivity index (χ2v) is 7.14. The molecule has 1 heterocycles. The Labute approximate surface area is 187 Å². The first-order valence-corrected chi connectivity index (χ1v) is 10.1. The van der Waals surface area contributed by atoms with E-state index in [1.807, 2.05) is 31.2 Å². The van der Waals surface area contributed by atoms with Crippen LogP contribution in [0.3, 0.4) is 0 Å². The lowest BCUT2D eigenvalue weighted by Crippen LogP contribution is -2.26. The van der Waals surface area contributed by atoms with Crippen LogP contribution in [0.2, 0.25) is 0 Å². The van der Waals surface area contributed by atoms with Gasteiger partial charge in [0.05, 0.1) is 32.4 Å². The van der Waals surface area contributed by atoms with Crippen LogP contribution in [0.1, 0.15) is 27.9 Å². The van der Waals surface area contributed by atoms with E-state index in [-0.39, 0.29) is 5.91 Å². The molecule has 0 aliphatic carbocycles. The number of pyridine rings is 1. The van der Waals surface area contributed by atoms with Crippen LogP contribution < -0.4 is 24.8 Å². The van der Waals surface area contributed by atoms with E-state index in [2.05, 4.69) is 21.7 Å². The molecule has 0 saturated heterocycles. The van der Waals surface area contributed by atoms with Crippen LogP contribution in [0.25, 0.3) is 10.9 Å². The number of anilines is 1. The van der Waals surface area contributed by atoms with Gasteiger partial charge in [-0.05, 0) is 43.2 Å². The monoisotopic (exact) mass is 434 g/mol. The topological polar surface area (TPSA) is 106 Å². The lowest BCUT2D eigenvalue weighted by molar-refractivity contribution is 0.0952. The van der Waals surface area contributed by atoms with E-state index in [4.69, 9.17) is 14.2 Å². The predicted molar refractivity (Wildman–Crippen MR) is 123 cm³/mol. The van der Waals surface area contributed by atoms with E-state index in [0.29, 0.717) is 53.7 Å². The van der Waals surface area contributed by atoms with Crippen molar-refractivity contribution in [3.05, 3.63) is 53.1 Å². The summed E-state index contributed by atoms with van der Waals surface area (Å²) in [5, 5.41) is 16.4. The third-order valence-corrected chi connectivity index (χ3v) is 4.95. The number of rotatable bonds is 9. The molecule has 1 amide bonds. The number of aromatic nitrogens is 1. The van der Waals surface area contributed by atoms with Crippen molar-refractivity contribution in [2.24, 2.45) is 0 Å². The van der Waals surface area contributed by atoms with Gasteiger partial charge in [0.15, 0.2) is 11.5 Å². The van der Waals surface area contributed by atoms with Crippen molar-refractivity contribution >= 4 is 22.6 Å². The zero-order valence-electron chi connectivity index (χ0n) is 18.6. The van der Waals surface area contributed by atoms with Gasteiger partial charge in [0.1, 0.15) is 11.9 Å². The smallest absolute Gasteiger partial charge is 0.251 e. The van der Waals surface area contributed by atoms with Crippen molar-refractivity contribution in [1.82, 2.24) is 10.3 Å². The van der Waals surface area contributed by atoms with Crippen LogP contribution in [-0.2, 0) is 0 Å². The first-order valence-electron chi connectivity index (χ1n) is 10.1. The minimum atomic E-state index is -0.249. The Morgan fingerprint density at radius 3 is 2.38 bits per heavy atom. The molecule has 8 heteroatoms. The fourth-order valence-electron chi connectivity index (χ4n) is 3.31. The van der Waals surface area contributed by atoms with Crippen LogP contribution >= 0.6 is 0 Å².